The Hall–Kier alpha value is -1.76. The number of para-hydroxylation sites is 1. The first-order valence-corrected chi connectivity index (χ1v) is 8.72. The summed E-state index contributed by atoms with van der Waals surface area (Å²) in [6.07, 6.45) is 1.48. The Morgan fingerprint density at radius 1 is 1.35 bits per heavy atom. The molecule has 1 aromatic heterocycles. The maximum absolute atomic E-state index is 12.0. The molecule has 0 bridgehead atoms. The van der Waals surface area contributed by atoms with Gasteiger partial charge in [-0.3, -0.25) is 14.6 Å². The van der Waals surface area contributed by atoms with Crippen molar-refractivity contribution in [3.8, 4) is 0 Å². The van der Waals surface area contributed by atoms with E-state index in [1.165, 1.54) is 11.3 Å². The van der Waals surface area contributed by atoms with Crippen LogP contribution in [0.4, 0.5) is 10.8 Å². The normalized spacial score (nSPS) is 16.4. The number of aliphatic hydroxyl groups is 1. The lowest BCUT2D eigenvalue weighted by atomic mass is 10.1. The lowest BCUT2D eigenvalue weighted by Gasteiger charge is -2.28. The number of thiazole rings is 1. The third kappa shape index (κ3) is 3.96. The Bertz CT molecular complexity index is 651. The largest absolute Gasteiger partial charge is 0.393 e. The molecule has 1 aromatic carbocycles. The minimum Gasteiger partial charge on any atom is -0.393 e. The number of amides is 1. The molecule has 1 amide bonds. The van der Waals surface area contributed by atoms with Gasteiger partial charge in [-0.2, -0.15) is 0 Å². The second kappa shape index (κ2) is 7.21. The van der Waals surface area contributed by atoms with Gasteiger partial charge in [0.05, 0.1) is 17.5 Å². The van der Waals surface area contributed by atoms with Crippen LogP contribution in [0.15, 0.2) is 35.7 Å². The summed E-state index contributed by atoms with van der Waals surface area (Å²) < 4.78 is 0. The van der Waals surface area contributed by atoms with Crippen molar-refractivity contribution in [3.05, 3.63) is 41.4 Å². The summed E-state index contributed by atoms with van der Waals surface area (Å²) in [4.78, 5) is 20.6. The minimum absolute atomic E-state index is 0.0433. The van der Waals surface area contributed by atoms with Gasteiger partial charge in [0.2, 0.25) is 5.91 Å². The van der Waals surface area contributed by atoms with Crippen molar-refractivity contribution in [1.82, 2.24) is 9.88 Å². The number of carbonyl (C=O) groups is 1. The second-order valence-corrected chi connectivity index (χ2v) is 6.66. The number of likely N-dealkylation sites (tertiary alicyclic amines) is 1. The van der Waals surface area contributed by atoms with E-state index in [0.717, 1.165) is 43.9 Å². The van der Waals surface area contributed by atoms with Crippen molar-refractivity contribution < 1.29 is 9.90 Å². The Morgan fingerprint density at radius 3 is 2.70 bits per heavy atom. The predicted molar refractivity (Wildman–Crippen MR) is 91.9 cm³/mol. The molecule has 2 aromatic rings. The summed E-state index contributed by atoms with van der Waals surface area (Å²) in [6.45, 7) is 4.11. The summed E-state index contributed by atoms with van der Waals surface area (Å²) in [5.41, 5.74) is 1.81. The molecule has 2 heterocycles. The summed E-state index contributed by atoms with van der Waals surface area (Å²) in [6, 6.07) is 9.58. The number of hydrogen-bond acceptors (Lipinski definition) is 5. The van der Waals surface area contributed by atoms with Crippen LogP contribution in [0.5, 0.6) is 0 Å². The lowest BCUT2D eigenvalue weighted by molar-refractivity contribution is -0.115. The van der Waals surface area contributed by atoms with E-state index >= 15 is 0 Å². The maximum Gasteiger partial charge on any atom is 0.230 e. The van der Waals surface area contributed by atoms with Crippen LogP contribution in [0.3, 0.4) is 0 Å². The lowest BCUT2D eigenvalue weighted by Crippen LogP contribution is -2.35. The van der Waals surface area contributed by atoms with Crippen LogP contribution in [-0.2, 0) is 11.3 Å². The van der Waals surface area contributed by atoms with Crippen LogP contribution in [0.2, 0.25) is 0 Å². The number of aliphatic hydroxyl groups excluding tert-OH is 1. The molecular weight excluding hydrogens is 310 g/mol. The summed E-state index contributed by atoms with van der Waals surface area (Å²) in [5, 5.41) is 12.3. The fourth-order valence-corrected chi connectivity index (χ4v) is 3.66. The SMILES string of the molecule is CC(=O)N(c1ccccc1)c1nc(CN2CCC(O)CC2)cs1. The van der Waals surface area contributed by atoms with Crippen LogP contribution in [0.1, 0.15) is 25.5 Å². The van der Waals surface area contributed by atoms with E-state index < -0.39 is 0 Å². The molecule has 0 unspecified atom stereocenters. The van der Waals surface area contributed by atoms with Crippen LogP contribution < -0.4 is 4.90 Å². The Morgan fingerprint density at radius 2 is 2.04 bits per heavy atom. The van der Waals surface area contributed by atoms with Crippen LogP contribution in [0.25, 0.3) is 0 Å². The first kappa shape index (κ1) is 16.1. The van der Waals surface area contributed by atoms with Gasteiger partial charge in [0, 0.05) is 31.9 Å². The number of nitrogens with zero attached hydrogens (tertiary/aromatic N) is 3. The van der Waals surface area contributed by atoms with Crippen LogP contribution in [-0.4, -0.2) is 40.1 Å². The van der Waals surface area contributed by atoms with Crippen molar-refractivity contribution in [2.45, 2.75) is 32.4 Å². The van der Waals surface area contributed by atoms with Gasteiger partial charge >= 0.3 is 0 Å². The summed E-state index contributed by atoms with van der Waals surface area (Å²) >= 11 is 1.49. The molecule has 1 aliphatic rings. The molecule has 1 aliphatic heterocycles. The summed E-state index contributed by atoms with van der Waals surface area (Å²) in [7, 11) is 0. The quantitative estimate of drug-likeness (QED) is 0.936. The molecule has 0 aliphatic carbocycles. The zero-order valence-corrected chi connectivity index (χ0v) is 14.0. The van der Waals surface area contributed by atoms with E-state index in [4.69, 9.17) is 0 Å². The average molecular weight is 331 g/mol. The standard InChI is InChI=1S/C17H21N3O2S/c1-13(21)20(15-5-3-2-4-6-15)17-18-14(12-23-17)11-19-9-7-16(22)8-10-19/h2-6,12,16,22H,7-11H2,1H3. The number of carbonyl (C=O) groups excluding carboxylic acids is 1. The van der Waals surface area contributed by atoms with E-state index in [0.29, 0.717) is 5.13 Å². The maximum atomic E-state index is 12.0. The number of anilines is 2. The van der Waals surface area contributed by atoms with E-state index in [1.54, 1.807) is 11.8 Å². The summed E-state index contributed by atoms with van der Waals surface area (Å²) in [5.74, 6) is -0.0433. The van der Waals surface area contributed by atoms with Crippen molar-refractivity contribution in [1.29, 1.82) is 0 Å². The molecule has 1 saturated heterocycles. The molecule has 0 saturated carbocycles. The van der Waals surface area contributed by atoms with E-state index in [1.807, 2.05) is 35.7 Å². The number of piperidine rings is 1. The highest BCUT2D eigenvalue weighted by Crippen LogP contribution is 2.29. The van der Waals surface area contributed by atoms with Crippen LogP contribution in [0, 0.1) is 0 Å². The van der Waals surface area contributed by atoms with E-state index in [9.17, 15) is 9.90 Å². The third-order valence-corrected chi connectivity index (χ3v) is 4.88. The second-order valence-electron chi connectivity index (χ2n) is 5.82. The van der Waals surface area contributed by atoms with Gasteiger partial charge < -0.3 is 5.11 Å². The highest BCUT2D eigenvalue weighted by Gasteiger charge is 2.20. The molecule has 3 rings (SSSR count). The fraction of sp³-hybridized carbons (Fsp3) is 0.412. The van der Waals surface area contributed by atoms with Crippen molar-refractivity contribution in [3.63, 3.8) is 0 Å². The van der Waals surface area contributed by atoms with E-state index in [-0.39, 0.29) is 12.0 Å². The number of benzene rings is 1. The van der Waals surface area contributed by atoms with Gasteiger partial charge in [0.25, 0.3) is 0 Å². The zero-order chi connectivity index (χ0) is 16.2. The molecule has 6 heteroatoms. The predicted octanol–water partition coefficient (Wildman–Crippen LogP) is 2.78. The number of rotatable bonds is 4. The molecule has 122 valence electrons. The molecule has 0 radical (unpaired) electrons. The zero-order valence-electron chi connectivity index (χ0n) is 13.2. The minimum atomic E-state index is -0.163. The molecular formula is C17H21N3O2S. The van der Waals surface area contributed by atoms with Crippen molar-refractivity contribution in [2.75, 3.05) is 18.0 Å². The van der Waals surface area contributed by atoms with Crippen molar-refractivity contribution >= 4 is 28.1 Å². The first-order chi connectivity index (χ1) is 11.1. The van der Waals surface area contributed by atoms with Gasteiger partial charge in [-0.05, 0) is 25.0 Å². The average Bonchev–Trinajstić information content (AvgIpc) is 2.98. The third-order valence-electron chi connectivity index (χ3n) is 4.00. The number of aromatic nitrogens is 1. The Labute approximate surface area is 140 Å². The van der Waals surface area contributed by atoms with Crippen LogP contribution >= 0.6 is 11.3 Å². The van der Waals surface area contributed by atoms with E-state index in [2.05, 4.69) is 9.88 Å². The van der Waals surface area contributed by atoms with Gasteiger partial charge in [-0.15, -0.1) is 11.3 Å². The molecule has 23 heavy (non-hydrogen) atoms. The highest BCUT2D eigenvalue weighted by atomic mass is 32.1. The molecule has 0 atom stereocenters. The highest BCUT2D eigenvalue weighted by molar-refractivity contribution is 7.14. The Balaban J connectivity index is 1.73. The first-order valence-electron chi connectivity index (χ1n) is 7.84. The van der Waals surface area contributed by atoms with Gasteiger partial charge in [0.15, 0.2) is 5.13 Å². The smallest absolute Gasteiger partial charge is 0.230 e. The topological polar surface area (TPSA) is 56.7 Å². The van der Waals surface area contributed by atoms with Gasteiger partial charge in [0.1, 0.15) is 0 Å². The monoisotopic (exact) mass is 331 g/mol. The van der Waals surface area contributed by atoms with Gasteiger partial charge in [-0.25, -0.2) is 4.98 Å². The van der Waals surface area contributed by atoms with Crippen molar-refractivity contribution in [2.24, 2.45) is 0 Å². The molecule has 1 fully saturated rings. The van der Waals surface area contributed by atoms with Gasteiger partial charge in [-0.1, -0.05) is 18.2 Å². The number of hydrogen-bond donors (Lipinski definition) is 1. The molecule has 0 spiro atoms. The molecule has 1 N–H and O–H groups in total. The Kier molecular flexibility index (Phi) is 5.05. The molecule has 5 nitrogen and oxygen atoms in total. The fourth-order valence-electron chi connectivity index (χ4n) is 2.78.